The Balaban J connectivity index is 1.92. The summed E-state index contributed by atoms with van der Waals surface area (Å²) in [7, 11) is 0. The lowest BCUT2D eigenvalue weighted by molar-refractivity contribution is 0.0930. The summed E-state index contributed by atoms with van der Waals surface area (Å²) in [6.45, 7) is 8.42. The van der Waals surface area contributed by atoms with Gasteiger partial charge in [-0.3, -0.25) is 4.79 Å². The van der Waals surface area contributed by atoms with Gasteiger partial charge in [-0.25, -0.2) is 0 Å². The van der Waals surface area contributed by atoms with E-state index in [1.807, 2.05) is 49.4 Å². The molecule has 0 heterocycles. The Bertz CT molecular complexity index is 740. The Kier molecular flexibility index (Phi) is 7.55. The molecule has 2 unspecified atom stereocenters. The third kappa shape index (κ3) is 5.75. The lowest BCUT2D eigenvalue weighted by Gasteiger charge is -2.17. The number of carbonyl (C=O) groups excluding carboxylic acids is 1. The average Bonchev–Trinajstić information content (AvgIpc) is 2.62. The van der Waals surface area contributed by atoms with Crippen LogP contribution in [-0.4, -0.2) is 11.9 Å². The van der Waals surface area contributed by atoms with Gasteiger partial charge >= 0.3 is 0 Å². The predicted octanol–water partition coefficient (Wildman–Crippen LogP) is 6.50. The van der Waals surface area contributed by atoms with Crippen molar-refractivity contribution in [1.29, 1.82) is 0 Å². The van der Waals surface area contributed by atoms with Gasteiger partial charge in [0, 0.05) is 11.6 Å². The Morgan fingerprint density at radius 3 is 2.19 bits per heavy atom. The van der Waals surface area contributed by atoms with Crippen LogP contribution in [0.5, 0.6) is 0 Å². The second-order valence-electron chi connectivity index (χ2n) is 7.32. The van der Waals surface area contributed by atoms with E-state index in [-0.39, 0.29) is 11.9 Å². The molecule has 2 rings (SSSR count). The van der Waals surface area contributed by atoms with E-state index in [1.165, 1.54) is 11.1 Å². The molecule has 0 spiro atoms. The fourth-order valence-electron chi connectivity index (χ4n) is 2.65. The van der Waals surface area contributed by atoms with Crippen LogP contribution in [0.4, 0.5) is 0 Å². The summed E-state index contributed by atoms with van der Waals surface area (Å²) < 4.78 is 0. The topological polar surface area (TPSA) is 29.1 Å². The highest BCUT2D eigenvalue weighted by molar-refractivity contribution is 6.42. The summed E-state index contributed by atoms with van der Waals surface area (Å²) in [5, 5.41) is 4.22. The third-order valence-corrected chi connectivity index (χ3v) is 5.69. The van der Waals surface area contributed by atoms with Crippen LogP contribution < -0.4 is 5.32 Å². The van der Waals surface area contributed by atoms with Crippen LogP contribution in [0.1, 0.15) is 61.5 Å². The summed E-state index contributed by atoms with van der Waals surface area (Å²) in [6, 6.07) is 13.9. The molecule has 0 saturated carbocycles. The largest absolute Gasteiger partial charge is 0.349 e. The van der Waals surface area contributed by atoms with Crippen molar-refractivity contribution in [2.24, 2.45) is 5.92 Å². The molecule has 2 aromatic carbocycles. The monoisotopic (exact) mass is 391 g/mol. The molecular weight excluding hydrogens is 365 g/mol. The lowest BCUT2D eigenvalue weighted by atomic mass is 9.94. The molecule has 1 N–H and O–H groups in total. The number of amides is 1. The molecule has 2 aromatic rings. The number of carbonyl (C=O) groups is 1. The van der Waals surface area contributed by atoms with Crippen LogP contribution in [0.25, 0.3) is 0 Å². The summed E-state index contributed by atoms with van der Waals surface area (Å²) in [4.78, 5) is 12.2. The number of aryl methyl sites for hydroxylation is 1. The van der Waals surface area contributed by atoms with Crippen LogP contribution in [-0.2, 0) is 6.42 Å². The van der Waals surface area contributed by atoms with E-state index >= 15 is 0 Å². The maximum atomic E-state index is 12.2. The number of benzene rings is 2. The smallest absolute Gasteiger partial charge is 0.251 e. The van der Waals surface area contributed by atoms with Crippen molar-refractivity contribution in [3.8, 4) is 0 Å². The molecule has 0 fully saturated rings. The zero-order valence-electron chi connectivity index (χ0n) is 15.9. The molecule has 140 valence electrons. The first-order valence-corrected chi connectivity index (χ1v) is 9.88. The van der Waals surface area contributed by atoms with E-state index in [2.05, 4.69) is 26.1 Å². The van der Waals surface area contributed by atoms with E-state index < -0.39 is 0 Å². The highest BCUT2D eigenvalue weighted by Crippen LogP contribution is 2.28. The van der Waals surface area contributed by atoms with Crippen molar-refractivity contribution >= 4 is 29.1 Å². The van der Waals surface area contributed by atoms with Crippen molar-refractivity contribution in [3.05, 3.63) is 69.2 Å². The molecule has 0 saturated heterocycles. The minimum Gasteiger partial charge on any atom is -0.349 e. The zero-order valence-corrected chi connectivity index (χ0v) is 17.4. The lowest BCUT2D eigenvalue weighted by Crippen LogP contribution is -2.36. The van der Waals surface area contributed by atoms with Crippen LogP contribution in [0.15, 0.2) is 42.5 Å². The molecule has 4 heteroatoms. The Labute approximate surface area is 166 Å². The second-order valence-corrected chi connectivity index (χ2v) is 8.13. The van der Waals surface area contributed by atoms with Gasteiger partial charge in [-0.05, 0) is 67.0 Å². The fraction of sp³-hybridized carbons (Fsp3) is 0.409. The van der Waals surface area contributed by atoms with Gasteiger partial charge in [0.15, 0.2) is 0 Å². The van der Waals surface area contributed by atoms with Gasteiger partial charge < -0.3 is 5.32 Å². The molecule has 0 radical (unpaired) electrons. The first-order valence-electron chi connectivity index (χ1n) is 9.12. The normalized spacial score (nSPS) is 13.5. The van der Waals surface area contributed by atoms with Crippen LogP contribution >= 0.6 is 23.2 Å². The molecule has 1 amide bonds. The number of rotatable bonds is 7. The minimum absolute atomic E-state index is 0.0121. The minimum atomic E-state index is -0.0121. The molecule has 2 nitrogen and oxygen atoms in total. The van der Waals surface area contributed by atoms with Crippen LogP contribution in [0.2, 0.25) is 10.0 Å². The van der Waals surface area contributed by atoms with Crippen molar-refractivity contribution in [2.75, 3.05) is 0 Å². The molecule has 2 atom stereocenters. The maximum absolute atomic E-state index is 12.2. The quantitative estimate of drug-likeness (QED) is 0.572. The van der Waals surface area contributed by atoms with Gasteiger partial charge in [0.2, 0.25) is 0 Å². The molecule has 26 heavy (non-hydrogen) atoms. The summed E-state index contributed by atoms with van der Waals surface area (Å²) in [6.07, 6.45) is 1.96. The number of hydrogen-bond acceptors (Lipinski definition) is 1. The van der Waals surface area contributed by atoms with E-state index in [0.717, 1.165) is 12.8 Å². The first-order chi connectivity index (χ1) is 12.3. The fourth-order valence-corrected chi connectivity index (χ4v) is 2.95. The summed E-state index contributed by atoms with van der Waals surface area (Å²) in [5.74, 6) is 0.794. The molecular formula is C22H27Cl2NO. The summed E-state index contributed by atoms with van der Waals surface area (Å²) >= 11 is 12.1. The zero-order chi connectivity index (χ0) is 19.3. The molecule has 0 aliphatic heterocycles. The Morgan fingerprint density at radius 1 is 0.962 bits per heavy atom. The van der Waals surface area contributed by atoms with Gasteiger partial charge in [-0.15, -0.1) is 0 Å². The Hall–Kier alpha value is -1.51. The SMILES string of the molecule is CC(CCc1ccc(C(=O)NC(C)C(C)C)cc1)c1ccc(Cl)c(Cl)c1. The molecule has 0 aliphatic rings. The van der Waals surface area contributed by atoms with E-state index in [1.54, 1.807) is 0 Å². The summed E-state index contributed by atoms with van der Waals surface area (Å²) in [5.41, 5.74) is 3.13. The number of halogens is 2. The van der Waals surface area contributed by atoms with Crippen molar-refractivity contribution in [3.63, 3.8) is 0 Å². The maximum Gasteiger partial charge on any atom is 0.251 e. The second kappa shape index (κ2) is 9.43. The van der Waals surface area contributed by atoms with E-state index in [9.17, 15) is 4.79 Å². The molecule has 0 bridgehead atoms. The van der Waals surface area contributed by atoms with Crippen LogP contribution in [0, 0.1) is 5.92 Å². The third-order valence-electron chi connectivity index (χ3n) is 4.95. The van der Waals surface area contributed by atoms with Crippen molar-refractivity contribution in [2.45, 2.75) is 52.5 Å². The van der Waals surface area contributed by atoms with Crippen LogP contribution in [0.3, 0.4) is 0 Å². The van der Waals surface area contributed by atoms with Gasteiger partial charge in [0.1, 0.15) is 0 Å². The number of hydrogen-bond donors (Lipinski definition) is 1. The molecule has 0 aliphatic carbocycles. The Morgan fingerprint density at radius 2 is 1.62 bits per heavy atom. The standard InChI is InChI=1S/C22H27Cl2NO/c1-14(2)16(4)25-22(26)18-9-7-17(8-10-18)6-5-15(3)19-11-12-20(23)21(24)13-19/h7-16H,5-6H2,1-4H3,(H,25,26). The molecule has 0 aromatic heterocycles. The van der Waals surface area contributed by atoms with Gasteiger partial charge in [-0.2, -0.15) is 0 Å². The first kappa shape index (κ1) is 20.8. The van der Waals surface area contributed by atoms with Crippen molar-refractivity contribution in [1.82, 2.24) is 5.32 Å². The van der Waals surface area contributed by atoms with E-state index in [0.29, 0.717) is 27.4 Å². The van der Waals surface area contributed by atoms with Gasteiger partial charge in [-0.1, -0.05) is 62.2 Å². The average molecular weight is 392 g/mol. The number of nitrogens with one attached hydrogen (secondary N) is 1. The van der Waals surface area contributed by atoms with Crippen molar-refractivity contribution < 1.29 is 4.79 Å². The van der Waals surface area contributed by atoms with E-state index in [4.69, 9.17) is 23.2 Å². The highest BCUT2D eigenvalue weighted by Gasteiger charge is 2.13. The van der Waals surface area contributed by atoms with Gasteiger partial charge in [0.25, 0.3) is 5.91 Å². The van der Waals surface area contributed by atoms with Gasteiger partial charge in [0.05, 0.1) is 10.0 Å². The predicted molar refractivity (Wildman–Crippen MR) is 111 cm³/mol. The highest BCUT2D eigenvalue weighted by atomic mass is 35.5.